The second kappa shape index (κ2) is 9.39. The van der Waals surface area contributed by atoms with E-state index in [0.717, 1.165) is 6.42 Å². The van der Waals surface area contributed by atoms with Crippen molar-refractivity contribution in [1.82, 2.24) is 0 Å². The molecular weight excluding hydrogens is 252 g/mol. The van der Waals surface area contributed by atoms with Crippen molar-refractivity contribution in [2.75, 3.05) is 0 Å². The van der Waals surface area contributed by atoms with Crippen molar-refractivity contribution in [3.8, 4) is 0 Å². The molecular formula is C21H28. The Balaban J connectivity index is 1.72. The number of unbranched alkanes of at least 4 members (excludes halogenated alkanes) is 5. The fourth-order valence-electron chi connectivity index (χ4n) is 2.76. The smallest absolute Gasteiger partial charge is 0.00258 e. The summed E-state index contributed by atoms with van der Waals surface area (Å²) in [6.07, 6.45) is 10.5. The normalized spacial score (nSPS) is 10.7. The van der Waals surface area contributed by atoms with Gasteiger partial charge in [-0.1, -0.05) is 93.6 Å². The van der Waals surface area contributed by atoms with E-state index in [0.29, 0.717) is 0 Å². The summed E-state index contributed by atoms with van der Waals surface area (Å²) in [6, 6.07) is 19.9. The molecule has 2 aromatic rings. The third-order valence-corrected chi connectivity index (χ3v) is 4.09. The van der Waals surface area contributed by atoms with Gasteiger partial charge in [0.15, 0.2) is 0 Å². The molecule has 112 valence electrons. The Morgan fingerprint density at radius 1 is 0.571 bits per heavy atom. The summed E-state index contributed by atoms with van der Waals surface area (Å²) in [5.41, 5.74) is 4.29. The van der Waals surface area contributed by atoms with Crippen molar-refractivity contribution in [2.24, 2.45) is 0 Å². The molecule has 0 heteroatoms. The molecule has 0 aliphatic heterocycles. The quantitative estimate of drug-likeness (QED) is 0.481. The standard InChI is InChI=1S/C21H28/c1-2-3-4-5-6-8-11-19-14-16-21(17-15-19)18-20-12-9-7-10-13-20/h7,9-10,12-17H,2-6,8,11,18H2,1H3. The molecule has 0 aliphatic carbocycles. The Kier molecular flexibility index (Phi) is 7.07. The molecule has 0 N–H and O–H groups in total. The van der Waals surface area contributed by atoms with Crippen molar-refractivity contribution >= 4 is 0 Å². The van der Waals surface area contributed by atoms with Crippen LogP contribution in [0.15, 0.2) is 54.6 Å². The highest BCUT2D eigenvalue weighted by atomic mass is 14.0. The highest BCUT2D eigenvalue weighted by molar-refractivity contribution is 5.28. The summed E-state index contributed by atoms with van der Waals surface area (Å²) in [4.78, 5) is 0. The summed E-state index contributed by atoms with van der Waals surface area (Å²) >= 11 is 0. The van der Waals surface area contributed by atoms with Gasteiger partial charge in [-0.25, -0.2) is 0 Å². The van der Waals surface area contributed by atoms with Gasteiger partial charge in [-0.15, -0.1) is 0 Å². The maximum Gasteiger partial charge on any atom is -0.00258 e. The first-order valence-corrected chi connectivity index (χ1v) is 8.50. The molecule has 0 radical (unpaired) electrons. The minimum Gasteiger partial charge on any atom is -0.0654 e. The van der Waals surface area contributed by atoms with Crippen LogP contribution in [0, 0.1) is 0 Å². The van der Waals surface area contributed by atoms with E-state index in [4.69, 9.17) is 0 Å². The van der Waals surface area contributed by atoms with E-state index in [1.807, 2.05) is 0 Å². The van der Waals surface area contributed by atoms with Crippen LogP contribution in [0.2, 0.25) is 0 Å². The molecule has 0 aromatic heterocycles. The molecule has 0 amide bonds. The molecule has 2 aromatic carbocycles. The Hall–Kier alpha value is -1.56. The highest BCUT2D eigenvalue weighted by Crippen LogP contribution is 2.13. The second-order valence-electron chi connectivity index (χ2n) is 6.00. The third kappa shape index (κ3) is 6.16. The van der Waals surface area contributed by atoms with E-state index < -0.39 is 0 Å². The Morgan fingerprint density at radius 3 is 1.86 bits per heavy atom. The SMILES string of the molecule is CCCCCCCCc1ccc(Cc2ccccc2)cc1. The van der Waals surface area contributed by atoms with Gasteiger partial charge in [-0.05, 0) is 36.0 Å². The summed E-state index contributed by atoms with van der Waals surface area (Å²) < 4.78 is 0. The number of rotatable bonds is 9. The highest BCUT2D eigenvalue weighted by Gasteiger charge is 1.98. The van der Waals surface area contributed by atoms with Gasteiger partial charge in [-0.2, -0.15) is 0 Å². The van der Waals surface area contributed by atoms with Crippen LogP contribution in [-0.2, 0) is 12.8 Å². The van der Waals surface area contributed by atoms with Gasteiger partial charge in [-0.3, -0.25) is 0 Å². The average molecular weight is 280 g/mol. The van der Waals surface area contributed by atoms with Crippen LogP contribution >= 0.6 is 0 Å². The number of benzene rings is 2. The Bertz CT molecular complexity index is 481. The minimum atomic E-state index is 1.04. The summed E-state index contributed by atoms with van der Waals surface area (Å²) in [7, 11) is 0. The van der Waals surface area contributed by atoms with Crippen LogP contribution in [0.4, 0.5) is 0 Å². The molecule has 0 saturated heterocycles. The summed E-state index contributed by atoms with van der Waals surface area (Å²) in [6.45, 7) is 2.27. The van der Waals surface area contributed by atoms with Gasteiger partial charge in [0.05, 0.1) is 0 Å². The maximum absolute atomic E-state index is 2.31. The molecule has 0 atom stereocenters. The zero-order valence-electron chi connectivity index (χ0n) is 13.4. The monoisotopic (exact) mass is 280 g/mol. The predicted molar refractivity (Wildman–Crippen MR) is 92.8 cm³/mol. The molecule has 0 spiro atoms. The van der Waals surface area contributed by atoms with Crippen LogP contribution in [0.25, 0.3) is 0 Å². The van der Waals surface area contributed by atoms with Crippen LogP contribution in [0.5, 0.6) is 0 Å². The van der Waals surface area contributed by atoms with Crippen LogP contribution in [-0.4, -0.2) is 0 Å². The molecule has 0 saturated carbocycles. The van der Waals surface area contributed by atoms with Gasteiger partial charge in [0.25, 0.3) is 0 Å². The van der Waals surface area contributed by atoms with E-state index in [1.54, 1.807) is 0 Å². The van der Waals surface area contributed by atoms with Crippen molar-refractivity contribution in [3.63, 3.8) is 0 Å². The fourth-order valence-corrected chi connectivity index (χ4v) is 2.76. The topological polar surface area (TPSA) is 0 Å². The molecule has 0 bridgehead atoms. The van der Waals surface area contributed by atoms with Crippen molar-refractivity contribution < 1.29 is 0 Å². The van der Waals surface area contributed by atoms with E-state index in [9.17, 15) is 0 Å². The maximum atomic E-state index is 2.31. The van der Waals surface area contributed by atoms with Crippen LogP contribution in [0.3, 0.4) is 0 Å². The lowest BCUT2D eigenvalue weighted by Gasteiger charge is -2.05. The average Bonchev–Trinajstić information content (AvgIpc) is 2.53. The third-order valence-electron chi connectivity index (χ3n) is 4.09. The fraction of sp³-hybridized carbons (Fsp3) is 0.429. The molecule has 0 nitrogen and oxygen atoms in total. The Morgan fingerprint density at radius 2 is 1.14 bits per heavy atom. The van der Waals surface area contributed by atoms with Gasteiger partial charge >= 0.3 is 0 Å². The first-order valence-electron chi connectivity index (χ1n) is 8.50. The molecule has 21 heavy (non-hydrogen) atoms. The van der Waals surface area contributed by atoms with E-state index in [2.05, 4.69) is 61.5 Å². The predicted octanol–water partition coefficient (Wildman–Crippen LogP) is 6.18. The van der Waals surface area contributed by atoms with Gasteiger partial charge in [0.1, 0.15) is 0 Å². The minimum absolute atomic E-state index is 1.04. The molecule has 0 fully saturated rings. The van der Waals surface area contributed by atoms with E-state index in [1.165, 1.54) is 61.6 Å². The first kappa shape index (κ1) is 15.8. The molecule has 0 unspecified atom stereocenters. The summed E-state index contributed by atoms with van der Waals surface area (Å²) in [5, 5.41) is 0. The molecule has 0 aliphatic rings. The zero-order valence-corrected chi connectivity index (χ0v) is 13.4. The lowest BCUT2D eigenvalue weighted by molar-refractivity contribution is 0.607. The largest absolute Gasteiger partial charge is 0.0654 e. The zero-order chi connectivity index (χ0) is 14.8. The van der Waals surface area contributed by atoms with Gasteiger partial charge < -0.3 is 0 Å². The van der Waals surface area contributed by atoms with Crippen LogP contribution in [0.1, 0.15) is 62.1 Å². The summed E-state index contributed by atoms with van der Waals surface area (Å²) in [5.74, 6) is 0. The second-order valence-corrected chi connectivity index (χ2v) is 6.00. The molecule has 0 heterocycles. The Labute approximate surface area is 130 Å². The van der Waals surface area contributed by atoms with Crippen molar-refractivity contribution in [2.45, 2.75) is 58.3 Å². The van der Waals surface area contributed by atoms with E-state index >= 15 is 0 Å². The van der Waals surface area contributed by atoms with Gasteiger partial charge in [0.2, 0.25) is 0 Å². The number of aryl methyl sites for hydroxylation is 1. The number of hydrogen-bond acceptors (Lipinski definition) is 0. The molecule has 2 rings (SSSR count). The van der Waals surface area contributed by atoms with Crippen LogP contribution < -0.4 is 0 Å². The number of hydrogen-bond donors (Lipinski definition) is 0. The van der Waals surface area contributed by atoms with Gasteiger partial charge in [0, 0.05) is 0 Å². The van der Waals surface area contributed by atoms with Crippen molar-refractivity contribution in [1.29, 1.82) is 0 Å². The van der Waals surface area contributed by atoms with Crippen molar-refractivity contribution in [3.05, 3.63) is 71.3 Å². The van der Waals surface area contributed by atoms with E-state index in [-0.39, 0.29) is 0 Å². The first-order chi connectivity index (χ1) is 10.4. The lowest BCUT2D eigenvalue weighted by Crippen LogP contribution is -1.90. The lowest BCUT2D eigenvalue weighted by atomic mass is 10.0.